The Hall–Kier alpha value is -2.73. The van der Waals surface area contributed by atoms with Gasteiger partial charge >= 0.3 is 0 Å². The number of hydrogen-bond donors (Lipinski definition) is 1. The number of para-hydroxylation sites is 1. The Morgan fingerprint density at radius 1 is 1.24 bits per heavy atom. The maximum absolute atomic E-state index is 13.4. The zero-order valence-corrected chi connectivity index (χ0v) is 13.5. The van der Waals surface area contributed by atoms with Gasteiger partial charge in [-0.3, -0.25) is 0 Å². The van der Waals surface area contributed by atoms with Crippen LogP contribution in [0.5, 0.6) is 5.75 Å². The van der Waals surface area contributed by atoms with Crippen LogP contribution in [0.3, 0.4) is 0 Å². The normalized spacial score (nSPS) is 12.3. The number of ether oxygens (including phenoxy) is 1. The molecule has 130 valence electrons. The van der Waals surface area contributed by atoms with Gasteiger partial charge in [0.05, 0.1) is 23.9 Å². The number of halogens is 2. The zero-order chi connectivity index (χ0) is 17.8. The largest absolute Gasteiger partial charge is 0.491 e. The number of aromatic nitrogens is 2. The van der Waals surface area contributed by atoms with E-state index in [0.29, 0.717) is 23.2 Å². The highest BCUT2D eigenvalue weighted by Crippen LogP contribution is 2.20. The van der Waals surface area contributed by atoms with Gasteiger partial charge in [0.15, 0.2) is 11.6 Å². The van der Waals surface area contributed by atoms with E-state index >= 15 is 0 Å². The van der Waals surface area contributed by atoms with Crippen LogP contribution in [0.25, 0.3) is 11.0 Å². The van der Waals surface area contributed by atoms with Crippen LogP contribution >= 0.6 is 0 Å². The number of rotatable bonds is 7. The number of aliphatic hydroxyl groups excluding tert-OH is 1. The third kappa shape index (κ3) is 3.85. The highest BCUT2D eigenvalue weighted by Gasteiger charge is 2.13. The minimum atomic E-state index is -0.946. The van der Waals surface area contributed by atoms with E-state index in [1.807, 2.05) is 24.3 Å². The van der Waals surface area contributed by atoms with Gasteiger partial charge in [-0.15, -0.1) is 6.58 Å². The van der Waals surface area contributed by atoms with Gasteiger partial charge in [0.25, 0.3) is 0 Å². The Balaban J connectivity index is 1.68. The molecule has 0 aliphatic rings. The van der Waals surface area contributed by atoms with E-state index in [-0.39, 0.29) is 13.2 Å². The Labute approximate surface area is 144 Å². The summed E-state index contributed by atoms with van der Waals surface area (Å²) in [5.74, 6) is -1.20. The summed E-state index contributed by atoms with van der Waals surface area (Å²) in [6.45, 7) is 3.94. The summed E-state index contributed by atoms with van der Waals surface area (Å²) in [6, 6.07) is 9.64. The Morgan fingerprint density at radius 3 is 2.80 bits per heavy atom. The second kappa shape index (κ2) is 7.44. The molecule has 2 aromatic carbocycles. The maximum atomic E-state index is 13.4. The summed E-state index contributed by atoms with van der Waals surface area (Å²) < 4.78 is 33.9. The van der Waals surface area contributed by atoms with Crippen LogP contribution in [0.2, 0.25) is 0 Å². The van der Waals surface area contributed by atoms with E-state index in [0.717, 1.165) is 17.7 Å². The van der Waals surface area contributed by atoms with Crippen molar-refractivity contribution in [3.8, 4) is 5.75 Å². The molecule has 0 radical (unpaired) electrons. The van der Waals surface area contributed by atoms with Gasteiger partial charge in [-0.2, -0.15) is 0 Å². The Bertz CT molecular complexity index is 892. The molecule has 1 atom stereocenters. The van der Waals surface area contributed by atoms with Crippen molar-refractivity contribution in [2.24, 2.45) is 0 Å². The number of hydrogen-bond acceptors (Lipinski definition) is 3. The smallest absolute Gasteiger partial charge is 0.161 e. The summed E-state index contributed by atoms with van der Waals surface area (Å²) in [6.07, 6.45) is 3.06. The molecule has 1 aromatic heterocycles. The molecule has 0 aliphatic carbocycles. The van der Waals surface area contributed by atoms with Gasteiger partial charge in [-0.05, 0) is 18.1 Å². The van der Waals surface area contributed by atoms with Crippen LogP contribution in [0.4, 0.5) is 8.78 Å². The predicted molar refractivity (Wildman–Crippen MR) is 91.5 cm³/mol. The minimum absolute atomic E-state index is 0.0670. The van der Waals surface area contributed by atoms with E-state index in [1.165, 1.54) is 6.33 Å². The van der Waals surface area contributed by atoms with E-state index in [4.69, 9.17) is 4.74 Å². The average Bonchev–Trinajstić information content (AvgIpc) is 2.96. The van der Waals surface area contributed by atoms with E-state index in [2.05, 4.69) is 11.6 Å². The molecule has 3 aromatic rings. The van der Waals surface area contributed by atoms with Gasteiger partial charge in [0, 0.05) is 12.1 Å². The minimum Gasteiger partial charge on any atom is -0.491 e. The standard InChI is InChI=1S/C19H18F2N2O2/c1-2-5-13-6-3-4-7-19(13)25-11-14(24)10-23-12-22-17-8-15(20)16(21)9-18(17)23/h2-4,6-9,12,14,24H,1,5,10-11H2. The average molecular weight is 344 g/mol. The maximum Gasteiger partial charge on any atom is 0.161 e. The van der Waals surface area contributed by atoms with Crippen molar-refractivity contribution >= 4 is 11.0 Å². The Kier molecular flexibility index (Phi) is 5.09. The van der Waals surface area contributed by atoms with Crippen molar-refractivity contribution in [3.05, 3.63) is 72.6 Å². The first-order valence-electron chi connectivity index (χ1n) is 7.88. The number of nitrogens with zero attached hydrogens (tertiary/aromatic N) is 2. The lowest BCUT2D eigenvalue weighted by Gasteiger charge is -2.15. The molecule has 1 unspecified atom stereocenters. The molecule has 3 rings (SSSR count). The molecule has 0 bridgehead atoms. The third-order valence-electron chi connectivity index (χ3n) is 3.84. The fourth-order valence-electron chi connectivity index (χ4n) is 2.63. The van der Waals surface area contributed by atoms with Crippen LogP contribution in [0.15, 0.2) is 55.4 Å². The molecular weight excluding hydrogens is 326 g/mol. The molecule has 0 saturated carbocycles. The Morgan fingerprint density at radius 2 is 2.00 bits per heavy atom. The van der Waals surface area contributed by atoms with Gasteiger partial charge in [-0.1, -0.05) is 24.3 Å². The highest BCUT2D eigenvalue weighted by molar-refractivity contribution is 5.75. The SMILES string of the molecule is C=CCc1ccccc1OCC(O)Cn1cnc2cc(F)c(F)cc21. The van der Waals surface area contributed by atoms with Crippen molar-refractivity contribution in [2.75, 3.05) is 6.61 Å². The molecular formula is C19H18F2N2O2. The van der Waals surface area contributed by atoms with Gasteiger partial charge in [-0.25, -0.2) is 13.8 Å². The number of fused-ring (bicyclic) bond motifs is 1. The lowest BCUT2D eigenvalue weighted by Crippen LogP contribution is -2.23. The van der Waals surface area contributed by atoms with Crippen LogP contribution in [0, 0.1) is 11.6 Å². The predicted octanol–water partition coefficient (Wildman–Crippen LogP) is 3.48. The lowest BCUT2D eigenvalue weighted by atomic mass is 10.1. The molecule has 0 fully saturated rings. The monoisotopic (exact) mass is 344 g/mol. The fourth-order valence-corrected chi connectivity index (χ4v) is 2.63. The summed E-state index contributed by atoms with van der Waals surface area (Å²) in [5, 5.41) is 10.2. The van der Waals surface area contributed by atoms with E-state index in [9.17, 15) is 13.9 Å². The molecule has 0 spiro atoms. The molecule has 0 aliphatic heterocycles. The summed E-state index contributed by atoms with van der Waals surface area (Å²) in [4.78, 5) is 4.02. The lowest BCUT2D eigenvalue weighted by molar-refractivity contribution is 0.0930. The first-order valence-corrected chi connectivity index (χ1v) is 7.88. The number of imidazole rings is 1. The molecule has 25 heavy (non-hydrogen) atoms. The van der Waals surface area contributed by atoms with Crippen molar-refractivity contribution < 1.29 is 18.6 Å². The molecule has 4 nitrogen and oxygen atoms in total. The van der Waals surface area contributed by atoms with Crippen molar-refractivity contribution in [1.82, 2.24) is 9.55 Å². The number of allylic oxidation sites excluding steroid dienone is 1. The topological polar surface area (TPSA) is 47.3 Å². The van der Waals surface area contributed by atoms with E-state index in [1.54, 1.807) is 10.6 Å². The van der Waals surface area contributed by atoms with Gasteiger partial charge in [0.1, 0.15) is 18.5 Å². The number of aliphatic hydroxyl groups is 1. The zero-order valence-electron chi connectivity index (χ0n) is 13.5. The van der Waals surface area contributed by atoms with Crippen molar-refractivity contribution in [1.29, 1.82) is 0 Å². The van der Waals surface area contributed by atoms with Gasteiger partial charge < -0.3 is 14.4 Å². The molecule has 1 N–H and O–H groups in total. The molecule has 6 heteroatoms. The molecule has 1 heterocycles. The second-order valence-corrected chi connectivity index (χ2v) is 5.72. The molecule has 0 saturated heterocycles. The second-order valence-electron chi connectivity index (χ2n) is 5.72. The van der Waals surface area contributed by atoms with Gasteiger partial charge in [0.2, 0.25) is 0 Å². The van der Waals surface area contributed by atoms with Crippen LogP contribution < -0.4 is 4.74 Å². The summed E-state index contributed by atoms with van der Waals surface area (Å²) in [7, 11) is 0. The van der Waals surface area contributed by atoms with Crippen LogP contribution in [-0.2, 0) is 13.0 Å². The van der Waals surface area contributed by atoms with Crippen LogP contribution in [-0.4, -0.2) is 27.4 Å². The quantitative estimate of drug-likeness (QED) is 0.668. The van der Waals surface area contributed by atoms with E-state index < -0.39 is 17.7 Å². The molecule has 0 amide bonds. The first kappa shape index (κ1) is 17.1. The summed E-state index contributed by atoms with van der Waals surface area (Å²) in [5.41, 5.74) is 1.74. The fraction of sp³-hybridized carbons (Fsp3) is 0.211. The third-order valence-corrected chi connectivity index (χ3v) is 3.84. The first-order chi connectivity index (χ1) is 12.1. The summed E-state index contributed by atoms with van der Waals surface area (Å²) >= 11 is 0. The van der Waals surface area contributed by atoms with Crippen molar-refractivity contribution in [3.63, 3.8) is 0 Å². The number of benzene rings is 2. The van der Waals surface area contributed by atoms with Crippen LogP contribution in [0.1, 0.15) is 5.56 Å². The van der Waals surface area contributed by atoms with Crippen molar-refractivity contribution in [2.45, 2.75) is 19.1 Å². The highest BCUT2D eigenvalue weighted by atomic mass is 19.2.